The van der Waals surface area contributed by atoms with Crippen molar-refractivity contribution in [2.75, 3.05) is 26.5 Å². The minimum absolute atomic E-state index is 0.0944. The third-order valence-corrected chi connectivity index (χ3v) is 9.12. The lowest BCUT2D eigenvalue weighted by Gasteiger charge is -2.41. The summed E-state index contributed by atoms with van der Waals surface area (Å²) in [6.07, 6.45) is 10.2. The molecule has 1 saturated heterocycles. The minimum atomic E-state index is 0.0944. The molecule has 1 N–H and O–H groups in total. The van der Waals surface area contributed by atoms with Crippen molar-refractivity contribution in [3.63, 3.8) is 0 Å². The van der Waals surface area contributed by atoms with Crippen molar-refractivity contribution in [2.24, 2.45) is 11.8 Å². The number of carbonyl (C=O) groups excluding carboxylic acids is 1. The zero-order chi connectivity index (χ0) is 29.3. The number of carbonyl (C=O) groups is 1. The molecule has 0 spiro atoms. The second kappa shape index (κ2) is 14.6. The molecular weight excluding hydrogens is 565 g/mol. The summed E-state index contributed by atoms with van der Waals surface area (Å²) < 4.78 is 14.8. The minimum Gasteiger partial charge on any atom is -0.497 e. The Bertz CT molecular complexity index is 1490. The molecule has 0 aliphatic carbocycles. The van der Waals surface area contributed by atoms with Crippen LogP contribution in [0.2, 0.25) is 0 Å². The molecule has 4 aromatic rings. The normalized spacial score (nSPS) is 17.5. The van der Waals surface area contributed by atoms with Crippen LogP contribution >= 0.6 is 23.7 Å². The van der Waals surface area contributed by atoms with Gasteiger partial charge in [0.15, 0.2) is 0 Å². The highest BCUT2D eigenvalue weighted by Crippen LogP contribution is 2.34. The molecule has 1 amide bonds. The fourth-order valence-corrected chi connectivity index (χ4v) is 6.68. The lowest BCUT2D eigenvalue weighted by atomic mass is 9.79. The molecular formula is C33H36N4O3S2. The lowest BCUT2D eigenvalue weighted by molar-refractivity contribution is 0.129. The van der Waals surface area contributed by atoms with Crippen LogP contribution in [-0.2, 0) is 6.42 Å². The number of thioether (sulfide) groups is 1. The van der Waals surface area contributed by atoms with E-state index in [2.05, 4.69) is 38.3 Å². The Kier molecular flexibility index (Phi) is 10.4. The van der Waals surface area contributed by atoms with Crippen molar-refractivity contribution in [1.29, 1.82) is 0 Å². The Morgan fingerprint density at radius 1 is 1.14 bits per heavy atom. The number of methoxy groups -OCH3 is 1. The van der Waals surface area contributed by atoms with Crippen LogP contribution in [0.4, 0.5) is 4.79 Å². The van der Waals surface area contributed by atoms with Crippen molar-refractivity contribution in [1.82, 2.24) is 19.6 Å². The highest BCUT2D eigenvalue weighted by Gasteiger charge is 2.34. The van der Waals surface area contributed by atoms with Crippen LogP contribution in [-0.4, -0.2) is 52.6 Å². The number of aromatic nitrogens is 2. The smallest absolute Gasteiger partial charge is 0.281 e. The maximum absolute atomic E-state index is 12.9. The first kappa shape index (κ1) is 29.9. The van der Waals surface area contributed by atoms with Crippen LogP contribution in [0.25, 0.3) is 10.9 Å². The van der Waals surface area contributed by atoms with E-state index in [-0.39, 0.29) is 17.2 Å². The van der Waals surface area contributed by atoms with E-state index >= 15 is 0 Å². The van der Waals surface area contributed by atoms with Crippen LogP contribution in [0.5, 0.6) is 17.4 Å². The zero-order valence-electron chi connectivity index (χ0n) is 23.9. The van der Waals surface area contributed by atoms with Crippen LogP contribution in [0.3, 0.4) is 0 Å². The summed E-state index contributed by atoms with van der Waals surface area (Å²) in [5, 5.41) is 1.20. The maximum atomic E-state index is 12.9. The van der Waals surface area contributed by atoms with Gasteiger partial charge in [0.05, 0.1) is 12.6 Å². The molecule has 2 aromatic heterocycles. The number of piperidine rings is 1. The zero-order valence-corrected chi connectivity index (χ0v) is 25.6. The van der Waals surface area contributed by atoms with Gasteiger partial charge < -0.3 is 14.4 Å². The summed E-state index contributed by atoms with van der Waals surface area (Å²) in [6, 6.07) is 21.6. The molecule has 3 atom stereocenters. The fourth-order valence-electron chi connectivity index (χ4n) is 5.52. The molecule has 3 unspecified atom stereocenters. The number of para-hydroxylation sites is 1. The summed E-state index contributed by atoms with van der Waals surface area (Å²) in [5.41, 5.74) is 2.11. The largest absolute Gasteiger partial charge is 0.497 e. The van der Waals surface area contributed by atoms with Gasteiger partial charge in [0.25, 0.3) is 5.24 Å². The third-order valence-electron chi connectivity index (χ3n) is 7.75. The number of hydrogen-bond donors (Lipinski definition) is 1. The van der Waals surface area contributed by atoms with Crippen molar-refractivity contribution in [2.45, 2.75) is 30.2 Å². The number of pyridine rings is 2. The Morgan fingerprint density at radius 3 is 2.74 bits per heavy atom. The predicted octanol–water partition coefficient (Wildman–Crippen LogP) is 7.64. The van der Waals surface area contributed by atoms with Crippen molar-refractivity contribution >= 4 is 39.9 Å². The molecule has 7 nitrogen and oxygen atoms in total. The van der Waals surface area contributed by atoms with Gasteiger partial charge >= 0.3 is 0 Å². The molecule has 1 fully saturated rings. The summed E-state index contributed by atoms with van der Waals surface area (Å²) in [4.78, 5) is 25.0. The van der Waals surface area contributed by atoms with Gasteiger partial charge in [-0.2, -0.15) is 0 Å². The average molecular weight is 601 g/mol. The summed E-state index contributed by atoms with van der Waals surface area (Å²) in [6.45, 7) is 5.69. The number of hydrogen-bond acceptors (Lipinski definition) is 8. The molecule has 3 heterocycles. The van der Waals surface area contributed by atoms with E-state index in [9.17, 15) is 4.79 Å². The Balaban J connectivity index is 1.22. The quantitative estimate of drug-likeness (QED) is 0.139. The maximum Gasteiger partial charge on any atom is 0.281 e. The van der Waals surface area contributed by atoms with Crippen LogP contribution in [0, 0.1) is 11.8 Å². The van der Waals surface area contributed by atoms with Gasteiger partial charge in [-0.1, -0.05) is 36.0 Å². The Labute approximate surface area is 256 Å². The first-order chi connectivity index (χ1) is 20.6. The van der Waals surface area contributed by atoms with Gasteiger partial charge in [-0.15, -0.1) is 6.58 Å². The number of ether oxygens (including phenoxy) is 2. The molecule has 5 rings (SSSR count). The monoisotopic (exact) mass is 600 g/mol. The van der Waals surface area contributed by atoms with E-state index in [4.69, 9.17) is 9.47 Å². The van der Waals surface area contributed by atoms with Crippen molar-refractivity contribution in [3.8, 4) is 17.4 Å². The highest BCUT2D eigenvalue weighted by molar-refractivity contribution is 8.12. The third kappa shape index (κ3) is 7.45. The van der Waals surface area contributed by atoms with Crippen molar-refractivity contribution < 1.29 is 14.3 Å². The highest BCUT2D eigenvalue weighted by atomic mass is 32.2. The molecule has 2 aromatic carbocycles. The van der Waals surface area contributed by atoms with Gasteiger partial charge in [-0.3, -0.25) is 14.5 Å². The van der Waals surface area contributed by atoms with Gasteiger partial charge in [0, 0.05) is 47.9 Å². The van der Waals surface area contributed by atoms with Gasteiger partial charge in [0.1, 0.15) is 11.5 Å². The van der Waals surface area contributed by atoms with E-state index in [0.717, 1.165) is 59.6 Å². The molecule has 0 saturated carbocycles. The van der Waals surface area contributed by atoms with E-state index in [1.54, 1.807) is 19.1 Å². The Hall–Kier alpha value is -3.53. The molecule has 42 heavy (non-hydrogen) atoms. The van der Waals surface area contributed by atoms with Gasteiger partial charge in [-0.25, -0.2) is 4.98 Å². The number of benzene rings is 2. The topological polar surface area (TPSA) is 76.6 Å². The second-order valence-electron chi connectivity index (χ2n) is 10.3. The summed E-state index contributed by atoms with van der Waals surface area (Å²) in [7, 11) is 1.68. The molecule has 0 bridgehead atoms. The second-order valence-corrected chi connectivity index (χ2v) is 12.0. The number of nitrogens with zero attached hydrogens (tertiary/aromatic N) is 3. The molecule has 9 heteroatoms. The van der Waals surface area contributed by atoms with Crippen LogP contribution in [0.1, 0.15) is 18.4 Å². The predicted molar refractivity (Wildman–Crippen MR) is 172 cm³/mol. The van der Waals surface area contributed by atoms with E-state index in [0.29, 0.717) is 11.8 Å². The number of rotatable bonds is 11. The first-order valence-electron chi connectivity index (χ1n) is 14.1. The molecule has 0 radical (unpaired) electrons. The molecule has 218 valence electrons. The number of likely N-dealkylation sites (tertiary alicyclic amines) is 1. The summed E-state index contributed by atoms with van der Waals surface area (Å²) >= 11 is 2.85. The standard InChI is InChI=1S/C33H36N4O3S2/c1-4-23(21-36-42-29-11-13-32(35-22-29)40-27-8-6-5-7-9-27)24-15-17-37(33(38)41-3)26(18-24)19-25-14-16-34-31-12-10-28(39-2)20-30(25)31/h4-14,16,20,22-24,26,36H,1,15,17-19,21H2,2-3H3. The number of amides is 1. The Morgan fingerprint density at radius 2 is 2.00 bits per heavy atom. The number of nitrogens with one attached hydrogen (secondary N) is 1. The van der Waals surface area contributed by atoms with Crippen LogP contribution < -0.4 is 14.2 Å². The van der Waals surface area contributed by atoms with Crippen LogP contribution in [0.15, 0.2) is 96.7 Å². The average Bonchev–Trinajstić information content (AvgIpc) is 3.04. The summed E-state index contributed by atoms with van der Waals surface area (Å²) in [5.74, 6) is 2.81. The van der Waals surface area contributed by atoms with Gasteiger partial charge in [-0.05, 0) is 97.3 Å². The molecule has 1 aliphatic rings. The van der Waals surface area contributed by atoms with E-state index < -0.39 is 0 Å². The molecule has 1 aliphatic heterocycles. The fraction of sp³-hybridized carbons (Fsp3) is 0.303. The lowest BCUT2D eigenvalue weighted by Crippen LogP contribution is -2.47. The van der Waals surface area contributed by atoms with E-state index in [1.807, 2.05) is 79.3 Å². The van der Waals surface area contributed by atoms with Gasteiger partial charge in [0.2, 0.25) is 5.88 Å². The first-order valence-corrected chi connectivity index (χ1v) is 16.1. The number of fused-ring (bicyclic) bond motifs is 1. The van der Waals surface area contributed by atoms with E-state index in [1.165, 1.54) is 17.3 Å². The van der Waals surface area contributed by atoms with Crippen molar-refractivity contribution in [3.05, 3.63) is 97.3 Å². The SMILES string of the molecule is C=CC(CNSc1ccc(Oc2ccccc2)nc1)C1CCN(C(=O)SC)C(Cc2ccnc3ccc(OC)cc23)C1.